The Balaban J connectivity index is 2.13. The molecule has 0 unspecified atom stereocenters. The highest BCUT2D eigenvalue weighted by molar-refractivity contribution is 6.30. The highest BCUT2D eigenvalue weighted by Gasteiger charge is 2.02. The van der Waals surface area contributed by atoms with Crippen molar-refractivity contribution in [2.45, 2.75) is 19.3 Å². The minimum Gasteiger partial charge on any atom is -0.395 e. The van der Waals surface area contributed by atoms with Crippen LogP contribution >= 0.6 is 11.6 Å². The van der Waals surface area contributed by atoms with Crippen LogP contribution in [0, 0.1) is 11.8 Å². The lowest BCUT2D eigenvalue weighted by molar-refractivity contribution is 0.305. The standard InChI is InChI=1S/C18H17ClO/c19-18-12-11-16(17(14-18)8-4-5-13-20)10-9-15-6-2-1-3-7-15/h1-3,6-7,11-12,14,20H,5,9-10,13H2. The Kier molecular flexibility index (Phi) is 5.68. The second-order valence-corrected chi connectivity index (χ2v) is 5.00. The van der Waals surface area contributed by atoms with Gasteiger partial charge in [-0.15, -0.1) is 0 Å². The van der Waals surface area contributed by atoms with Crippen molar-refractivity contribution in [2.24, 2.45) is 0 Å². The van der Waals surface area contributed by atoms with Crippen LogP contribution in [0.3, 0.4) is 0 Å². The topological polar surface area (TPSA) is 20.2 Å². The van der Waals surface area contributed by atoms with Crippen molar-refractivity contribution in [1.82, 2.24) is 0 Å². The number of aliphatic hydroxyl groups excluding tert-OH is 1. The molecule has 0 heterocycles. The van der Waals surface area contributed by atoms with Gasteiger partial charge in [-0.25, -0.2) is 0 Å². The van der Waals surface area contributed by atoms with Gasteiger partial charge >= 0.3 is 0 Å². The summed E-state index contributed by atoms with van der Waals surface area (Å²) in [5.41, 5.74) is 3.47. The fourth-order valence-electron chi connectivity index (χ4n) is 2.02. The van der Waals surface area contributed by atoms with Crippen LogP contribution in [-0.2, 0) is 12.8 Å². The van der Waals surface area contributed by atoms with Gasteiger partial charge in [0.2, 0.25) is 0 Å². The van der Waals surface area contributed by atoms with Crippen LogP contribution in [0.25, 0.3) is 0 Å². The summed E-state index contributed by atoms with van der Waals surface area (Å²) in [6.07, 6.45) is 2.41. The molecule has 0 fully saturated rings. The van der Waals surface area contributed by atoms with E-state index in [0.29, 0.717) is 11.4 Å². The quantitative estimate of drug-likeness (QED) is 0.846. The molecule has 1 N–H and O–H groups in total. The second-order valence-electron chi connectivity index (χ2n) is 4.56. The largest absolute Gasteiger partial charge is 0.395 e. The highest BCUT2D eigenvalue weighted by Crippen LogP contribution is 2.17. The Morgan fingerprint density at radius 2 is 1.80 bits per heavy atom. The summed E-state index contributed by atoms with van der Waals surface area (Å²) >= 11 is 6.03. The van der Waals surface area contributed by atoms with Gasteiger partial charge in [-0.2, -0.15) is 0 Å². The molecule has 0 amide bonds. The number of rotatable bonds is 4. The second kappa shape index (κ2) is 7.75. The van der Waals surface area contributed by atoms with E-state index in [1.54, 1.807) is 0 Å². The molecule has 0 atom stereocenters. The third kappa shape index (κ3) is 4.42. The lowest BCUT2D eigenvalue weighted by atomic mass is 10.00. The van der Waals surface area contributed by atoms with E-state index in [1.807, 2.05) is 24.3 Å². The Hall–Kier alpha value is -1.75. The fraction of sp³-hybridized carbons (Fsp3) is 0.222. The fourth-order valence-corrected chi connectivity index (χ4v) is 2.19. The van der Waals surface area contributed by atoms with Crippen LogP contribution < -0.4 is 0 Å². The minimum atomic E-state index is 0.0902. The minimum absolute atomic E-state index is 0.0902. The predicted octanol–water partition coefficient (Wildman–Crippen LogP) is 3.86. The van der Waals surface area contributed by atoms with Crippen LogP contribution in [0.2, 0.25) is 5.02 Å². The molecule has 2 aromatic rings. The van der Waals surface area contributed by atoms with Crippen molar-refractivity contribution in [3.63, 3.8) is 0 Å². The Morgan fingerprint density at radius 3 is 2.55 bits per heavy atom. The summed E-state index contributed by atoms with van der Waals surface area (Å²) in [5.74, 6) is 6.06. The first-order valence-electron chi connectivity index (χ1n) is 6.71. The van der Waals surface area contributed by atoms with E-state index in [1.165, 1.54) is 11.1 Å². The molecule has 0 aliphatic carbocycles. The predicted molar refractivity (Wildman–Crippen MR) is 83.9 cm³/mol. The van der Waals surface area contributed by atoms with Gasteiger partial charge in [0.15, 0.2) is 0 Å². The van der Waals surface area contributed by atoms with Gasteiger partial charge < -0.3 is 5.11 Å². The van der Waals surface area contributed by atoms with E-state index in [0.717, 1.165) is 18.4 Å². The van der Waals surface area contributed by atoms with Gasteiger partial charge in [-0.05, 0) is 36.1 Å². The molecule has 1 nitrogen and oxygen atoms in total. The molecule has 0 saturated carbocycles. The van der Waals surface area contributed by atoms with E-state index < -0.39 is 0 Å². The summed E-state index contributed by atoms with van der Waals surface area (Å²) < 4.78 is 0. The monoisotopic (exact) mass is 284 g/mol. The van der Waals surface area contributed by atoms with Crippen LogP contribution in [0.5, 0.6) is 0 Å². The Labute approximate surface area is 125 Å². The SMILES string of the molecule is OCCC#Cc1cc(Cl)ccc1CCc1ccccc1. The molecule has 0 aliphatic rings. The van der Waals surface area contributed by atoms with Crippen molar-refractivity contribution < 1.29 is 5.11 Å². The van der Waals surface area contributed by atoms with E-state index in [9.17, 15) is 0 Å². The first-order chi connectivity index (χ1) is 9.79. The summed E-state index contributed by atoms with van der Waals surface area (Å²) in [5, 5.41) is 9.49. The lowest BCUT2D eigenvalue weighted by Gasteiger charge is -2.06. The van der Waals surface area contributed by atoms with Gasteiger partial charge in [0.05, 0.1) is 6.61 Å². The molecule has 2 rings (SSSR count). The summed E-state index contributed by atoms with van der Waals surface area (Å²) in [7, 11) is 0. The smallest absolute Gasteiger partial charge is 0.0540 e. The van der Waals surface area contributed by atoms with Gasteiger partial charge in [-0.3, -0.25) is 0 Å². The van der Waals surface area contributed by atoms with Crippen molar-refractivity contribution in [1.29, 1.82) is 0 Å². The third-order valence-corrected chi connectivity index (χ3v) is 3.29. The third-order valence-electron chi connectivity index (χ3n) is 3.06. The van der Waals surface area contributed by atoms with E-state index >= 15 is 0 Å². The zero-order chi connectivity index (χ0) is 14.2. The molecule has 20 heavy (non-hydrogen) atoms. The van der Waals surface area contributed by atoms with Crippen LogP contribution in [0.1, 0.15) is 23.1 Å². The zero-order valence-corrected chi connectivity index (χ0v) is 12.0. The molecule has 0 aromatic heterocycles. The normalized spacial score (nSPS) is 9.90. The summed E-state index contributed by atoms with van der Waals surface area (Å²) in [6.45, 7) is 0.0902. The summed E-state index contributed by atoms with van der Waals surface area (Å²) in [6, 6.07) is 16.2. The highest BCUT2D eigenvalue weighted by atomic mass is 35.5. The summed E-state index contributed by atoms with van der Waals surface area (Å²) in [4.78, 5) is 0. The molecular weight excluding hydrogens is 268 g/mol. The van der Waals surface area contributed by atoms with Crippen molar-refractivity contribution in [2.75, 3.05) is 6.61 Å². The van der Waals surface area contributed by atoms with Crippen molar-refractivity contribution >= 4 is 11.6 Å². The first kappa shape index (κ1) is 14.7. The maximum absolute atomic E-state index is 8.79. The van der Waals surface area contributed by atoms with Crippen molar-refractivity contribution in [3.05, 3.63) is 70.2 Å². The molecule has 102 valence electrons. The first-order valence-corrected chi connectivity index (χ1v) is 7.09. The maximum Gasteiger partial charge on any atom is 0.0540 e. The number of benzene rings is 2. The van der Waals surface area contributed by atoms with E-state index in [2.05, 4.69) is 36.1 Å². The molecule has 0 bridgehead atoms. The van der Waals surface area contributed by atoms with Gasteiger partial charge in [-0.1, -0.05) is 59.8 Å². The molecular formula is C18H17ClO. The van der Waals surface area contributed by atoms with E-state index in [4.69, 9.17) is 16.7 Å². The van der Waals surface area contributed by atoms with Crippen LogP contribution in [0.4, 0.5) is 0 Å². The number of hydrogen-bond acceptors (Lipinski definition) is 1. The molecule has 2 heteroatoms. The van der Waals surface area contributed by atoms with Crippen LogP contribution in [-0.4, -0.2) is 11.7 Å². The molecule has 0 radical (unpaired) electrons. The Bertz CT molecular complexity index is 608. The van der Waals surface area contributed by atoms with Gasteiger partial charge in [0.25, 0.3) is 0 Å². The zero-order valence-electron chi connectivity index (χ0n) is 11.3. The molecule has 0 spiro atoms. The molecule has 0 saturated heterocycles. The van der Waals surface area contributed by atoms with Gasteiger partial charge in [0.1, 0.15) is 0 Å². The number of aliphatic hydroxyl groups is 1. The van der Waals surface area contributed by atoms with Crippen molar-refractivity contribution in [3.8, 4) is 11.8 Å². The number of hydrogen-bond donors (Lipinski definition) is 1. The number of aryl methyl sites for hydroxylation is 2. The Morgan fingerprint density at radius 1 is 1.00 bits per heavy atom. The van der Waals surface area contributed by atoms with Gasteiger partial charge in [0, 0.05) is 17.0 Å². The molecule has 2 aromatic carbocycles. The lowest BCUT2D eigenvalue weighted by Crippen LogP contribution is -1.95. The van der Waals surface area contributed by atoms with E-state index in [-0.39, 0.29) is 6.61 Å². The average Bonchev–Trinajstić information content (AvgIpc) is 2.48. The molecule has 0 aliphatic heterocycles. The maximum atomic E-state index is 8.79. The average molecular weight is 285 g/mol. The van der Waals surface area contributed by atoms with Crippen LogP contribution in [0.15, 0.2) is 48.5 Å². The number of halogens is 1.